The maximum absolute atomic E-state index is 12.1. The summed E-state index contributed by atoms with van der Waals surface area (Å²) in [5.41, 5.74) is -0.731. The Kier molecular flexibility index (Phi) is 3.81. The van der Waals surface area contributed by atoms with E-state index in [1.807, 2.05) is 0 Å². The molecule has 0 aliphatic rings. The quantitative estimate of drug-likeness (QED) is 0.905. The fourth-order valence-electron chi connectivity index (χ4n) is 1.47. The summed E-state index contributed by atoms with van der Waals surface area (Å²) in [5, 5.41) is 17.7. The molecule has 0 spiro atoms. The number of hydrogen-bond donors (Lipinski definition) is 1. The van der Waals surface area contributed by atoms with Gasteiger partial charge in [-0.05, 0) is 18.1 Å². The maximum Gasteiger partial charge on any atom is 0.573 e. The molecule has 0 heterocycles. The van der Waals surface area contributed by atoms with Crippen LogP contribution in [-0.4, -0.2) is 17.4 Å². The average molecular weight is 259 g/mol. The van der Waals surface area contributed by atoms with Crippen molar-refractivity contribution in [1.82, 2.24) is 0 Å². The third-order valence-electron chi connectivity index (χ3n) is 2.19. The number of ether oxygens (including phenoxy) is 1. The topological polar surface area (TPSA) is 70.3 Å². The summed E-state index contributed by atoms with van der Waals surface area (Å²) in [6, 6.07) is 3.74. The summed E-state index contributed by atoms with van der Waals surface area (Å²) in [7, 11) is 0. The van der Waals surface area contributed by atoms with E-state index in [4.69, 9.17) is 10.4 Å². The van der Waals surface area contributed by atoms with Crippen molar-refractivity contribution in [2.24, 2.45) is 0 Å². The highest BCUT2D eigenvalue weighted by molar-refractivity contribution is 5.94. The van der Waals surface area contributed by atoms with Crippen LogP contribution in [0.25, 0.3) is 0 Å². The number of nitrogens with zero attached hydrogens (tertiary/aromatic N) is 1. The zero-order chi connectivity index (χ0) is 13.9. The Morgan fingerprint density at radius 2 is 2.11 bits per heavy atom. The lowest BCUT2D eigenvalue weighted by Crippen LogP contribution is -2.20. The van der Waals surface area contributed by atoms with E-state index in [0.29, 0.717) is 12.0 Å². The van der Waals surface area contributed by atoms with Crippen molar-refractivity contribution >= 4 is 5.97 Å². The van der Waals surface area contributed by atoms with Crippen molar-refractivity contribution in [3.05, 3.63) is 28.8 Å². The molecule has 0 aliphatic carbocycles. The van der Waals surface area contributed by atoms with E-state index in [-0.39, 0.29) is 5.56 Å². The van der Waals surface area contributed by atoms with Crippen LogP contribution in [0.1, 0.15) is 28.4 Å². The van der Waals surface area contributed by atoms with Gasteiger partial charge in [-0.25, -0.2) is 4.79 Å². The SMILES string of the molecule is CCc1ccc(OC(F)(F)F)c(C(=O)O)c1C#N. The second-order valence-electron chi connectivity index (χ2n) is 3.29. The standard InChI is InChI=1S/C11H8F3NO3/c1-2-6-3-4-8(18-11(12,13)14)9(10(16)17)7(6)5-15/h3-4H,2H2,1H3,(H,16,17). The van der Waals surface area contributed by atoms with Gasteiger partial charge in [-0.3, -0.25) is 0 Å². The molecule has 0 amide bonds. The number of nitriles is 1. The lowest BCUT2D eigenvalue weighted by atomic mass is 9.99. The third kappa shape index (κ3) is 2.91. The van der Waals surface area contributed by atoms with Crippen molar-refractivity contribution in [3.63, 3.8) is 0 Å². The van der Waals surface area contributed by atoms with Gasteiger partial charge in [0.25, 0.3) is 0 Å². The first-order chi connectivity index (χ1) is 8.30. The maximum atomic E-state index is 12.1. The van der Waals surface area contributed by atoms with Crippen molar-refractivity contribution < 1.29 is 27.8 Å². The molecule has 0 aromatic heterocycles. The number of hydrogen-bond acceptors (Lipinski definition) is 3. The normalized spacial score (nSPS) is 10.8. The van der Waals surface area contributed by atoms with Crippen LogP contribution < -0.4 is 4.74 Å². The summed E-state index contributed by atoms with van der Waals surface area (Å²) in [5.74, 6) is -2.52. The van der Waals surface area contributed by atoms with Crippen molar-refractivity contribution in [3.8, 4) is 11.8 Å². The third-order valence-corrected chi connectivity index (χ3v) is 2.19. The van der Waals surface area contributed by atoms with E-state index >= 15 is 0 Å². The largest absolute Gasteiger partial charge is 0.573 e. The Hall–Kier alpha value is -2.23. The zero-order valence-corrected chi connectivity index (χ0v) is 9.21. The first-order valence-corrected chi connectivity index (χ1v) is 4.85. The summed E-state index contributed by atoms with van der Waals surface area (Å²) < 4.78 is 39.9. The van der Waals surface area contributed by atoms with Gasteiger partial charge in [-0.2, -0.15) is 5.26 Å². The minimum Gasteiger partial charge on any atom is -0.478 e. The number of halogens is 3. The predicted molar refractivity (Wildman–Crippen MR) is 54.2 cm³/mol. The molecule has 1 N–H and O–H groups in total. The van der Waals surface area contributed by atoms with Crippen LogP contribution in [0.4, 0.5) is 13.2 Å². The van der Waals surface area contributed by atoms with Crippen LogP contribution in [0.2, 0.25) is 0 Å². The van der Waals surface area contributed by atoms with E-state index in [0.717, 1.165) is 6.07 Å². The molecule has 0 fully saturated rings. The van der Waals surface area contributed by atoms with Crippen LogP contribution in [0, 0.1) is 11.3 Å². The number of aromatic carboxylic acids is 1. The minimum absolute atomic E-state index is 0.313. The molecule has 0 saturated carbocycles. The van der Waals surface area contributed by atoms with E-state index in [9.17, 15) is 18.0 Å². The van der Waals surface area contributed by atoms with Crippen LogP contribution >= 0.6 is 0 Å². The summed E-state index contributed by atoms with van der Waals surface area (Å²) in [6.45, 7) is 1.66. The lowest BCUT2D eigenvalue weighted by molar-refractivity contribution is -0.274. The summed E-state index contributed by atoms with van der Waals surface area (Å²) >= 11 is 0. The van der Waals surface area contributed by atoms with Crippen LogP contribution in [0.5, 0.6) is 5.75 Å². The molecule has 1 aromatic carbocycles. The molecule has 1 aromatic rings. The van der Waals surface area contributed by atoms with Crippen LogP contribution in [0.3, 0.4) is 0 Å². The van der Waals surface area contributed by atoms with E-state index in [2.05, 4.69) is 4.74 Å². The first-order valence-electron chi connectivity index (χ1n) is 4.85. The predicted octanol–water partition coefficient (Wildman–Crippen LogP) is 2.72. The second kappa shape index (κ2) is 4.96. The van der Waals surface area contributed by atoms with E-state index in [1.165, 1.54) is 6.07 Å². The number of aryl methyl sites for hydroxylation is 1. The second-order valence-corrected chi connectivity index (χ2v) is 3.29. The fourth-order valence-corrected chi connectivity index (χ4v) is 1.47. The van der Waals surface area contributed by atoms with E-state index in [1.54, 1.807) is 13.0 Å². The van der Waals surface area contributed by atoms with E-state index < -0.39 is 23.6 Å². The molecule has 0 bridgehead atoms. The minimum atomic E-state index is -5.01. The van der Waals surface area contributed by atoms with Crippen LogP contribution in [-0.2, 0) is 6.42 Å². The lowest BCUT2D eigenvalue weighted by Gasteiger charge is -2.13. The molecule has 4 nitrogen and oxygen atoms in total. The molecule has 18 heavy (non-hydrogen) atoms. The summed E-state index contributed by atoms with van der Waals surface area (Å²) in [6.07, 6.45) is -4.68. The molecule has 96 valence electrons. The Balaban J connectivity index is 3.46. The van der Waals surface area contributed by atoms with Gasteiger partial charge in [-0.15, -0.1) is 13.2 Å². The number of benzene rings is 1. The molecule has 1 rings (SSSR count). The van der Waals surface area contributed by atoms with Gasteiger partial charge in [0.05, 0.1) is 5.56 Å². The van der Waals surface area contributed by atoms with Gasteiger partial charge in [0.2, 0.25) is 0 Å². The highest BCUT2D eigenvalue weighted by Gasteiger charge is 2.34. The molecule has 0 unspecified atom stereocenters. The van der Waals surface area contributed by atoms with Gasteiger partial charge in [0.1, 0.15) is 17.4 Å². The molecular weight excluding hydrogens is 251 g/mol. The molecule has 0 saturated heterocycles. The molecule has 7 heteroatoms. The highest BCUT2D eigenvalue weighted by Crippen LogP contribution is 2.30. The van der Waals surface area contributed by atoms with Gasteiger partial charge in [-0.1, -0.05) is 13.0 Å². The highest BCUT2D eigenvalue weighted by atomic mass is 19.4. The number of carboxylic acids is 1. The molecule has 0 atom stereocenters. The molecule has 0 radical (unpaired) electrons. The fraction of sp³-hybridized carbons (Fsp3) is 0.273. The van der Waals surface area contributed by atoms with Gasteiger partial charge in [0, 0.05) is 0 Å². The van der Waals surface area contributed by atoms with Gasteiger partial charge < -0.3 is 9.84 Å². The Bertz CT molecular complexity index is 517. The Morgan fingerprint density at radius 3 is 2.50 bits per heavy atom. The Morgan fingerprint density at radius 1 is 1.50 bits per heavy atom. The number of carbonyl (C=O) groups is 1. The molecular formula is C11H8F3NO3. The average Bonchev–Trinajstić information content (AvgIpc) is 2.25. The number of carboxylic acid groups (broad SMARTS) is 1. The first kappa shape index (κ1) is 13.8. The van der Waals surface area contributed by atoms with Crippen molar-refractivity contribution in [1.29, 1.82) is 5.26 Å². The van der Waals surface area contributed by atoms with Crippen LogP contribution in [0.15, 0.2) is 12.1 Å². The zero-order valence-electron chi connectivity index (χ0n) is 9.21. The smallest absolute Gasteiger partial charge is 0.478 e. The number of alkyl halides is 3. The Labute approximate surface area is 100 Å². The molecule has 0 aliphatic heterocycles. The number of rotatable bonds is 3. The monoisotopic (exact) mass is 259 g/mol. The van der Waals surface area contributed by atoms with Crippen molar-refractivity contribution in [2.75, 3.05) is 0 Å². The van der Waals surface area contributed by atoms with Gasteiger partial charge >= 0.3 is 12.3 Å². The van der Waals surface area contributed by atoms with Gasteiger partial charge in [0.15, 0.2) is 0 Å². The van der Waals surface area contributed by atoms with Crippen molar-refractivity contribution in [2.45, 2.75) is 19.7 Å². The summed E-state index contributed by atoms with van der Waals surface area (Å²) in [4.78, 5) is 11.0.